The first-order valence-electron chi connectivity index (χ1n) is 10.0. The minimum absolute atomic E-state index is 0.301. The first kappa shape index (κ1) is 19.4. The molecule has 8 heteroatoms. The number of hydrogen-bond acceptors (Lipinski definition) is 6. The monoisotopic (exact) mass is 421 g/mol. The van der Waals surface area contributed by atoms with Crippen LogP contribution >= 0.6 is 0 Å². The number of nitrogens with two attached hydrogens (primary N) is 1. The standard InChI is InChI=1S/C24H19N7O/c25-19-13-11-18(12-14-19)24(32)28-22-20-23(27-21(26-22)17-9-5-2-6-10-17)31(30-29-20)15-16-7-3-1-4-8-16/h1-14H,15,25H2,(H,26,27,28,32). The van der Waals surface area contributed by atoms with Gasteiger partial charge in [0.25, 0.3) is 5.91 Å². The van der Waals surface area contributed by atoms with E-state index in [2.05, 4.69) is 20.6 Å². The fourth-order valence-corrected chi connectivity index (χ4v) is 3.34. The van der Waals surface area contributed by atoms with Crippen molar-refractivity contribution in [2.24, 2.45) is 0 Å². The maximum absolute atomic E-state index is 12.8. The SMILES string of the molecule is Nc1ccc(C(=O)Nc2nc(-c3ccccc3)nc3c2nnn3Cc2ccccc2)cc1. The summed E-state index contributed by atoms with van der Waals surface area (Å²) in [5, 5.41) is 11.4. The lowest BCUT2D eigenvalue weighted by atomic mass is 10.2. The van der Waals surface area contributed by atoms with Gasteiger partial charge in [0.1, 0.15) is 0 Å². The number of hydrogen-bond donors (Lipinski definition) is 2. The molecule has 0 aliphatic carbocycles. The lowest BCUT2D eigenvalue weighted by Crippen LogP contribution is -2.14. The highest BCUT2D eigenvalue weighted by molar-refractivity contribution is 6.07. The number of fused-ring (bicyclic) bond motifs is 1. The average molecular weight is 421 g/mol. The minimum Gasteiger partial charge on any atom is -0.399 e. The molecule has 0 aliphatic rings. The van der Waals surface area contributed by atoms with Gasteiger partial charge in [-0.05, 0) is 29.8 Å². The molecule has 5 aromatic rings. The van der Waals surface area contributed by atoms with E-state index in [4.69, 9.17) is 10.7 Å². The Morgan fingerprint density at radius 3 is 2.28 bits per heavy atom. The van der Waals surface area contributed by atoms with Crippen LogP contribution in [0.2, 0.25) is 0 Å². The Kier molecular flexibility index (Phi) is 5.01. The van der Waals surface area contributed by atoms with E-state index in [0.29, 0.717) is 40.6 Å². The number of nitrogen functional groups attached to an aromatic ring is 1. The van der Waals surface area contributed by atoms with Gasteiger partial charge in [-0.1, -0.05) is 65.9 Å². The molecule has 0 bridgehead atoms. The number of benzene rings is 3. The summed E-state index contributed by atoms with van der Waals surface area (Å²) in [5.41, 5.74) is 9.62. The first-order chi connectivity index (χ1) is 15.7. The van der Waals surface area contributed by atoms with Crippen LogP contribution in [0.1, 0.15) is 15.9 Å². The molecule has 0 saturated carbocycles. The molecule has 5 rings (SSSR count). The molecule has 156 valence electrons. The van der Waals surface area contributed by atoms with E-state index in [1.165, 1.54) is 0 Å². The minimum atomic E-state index is -0.318. The van der Waals surface area contributed by atoms with Crippen LogP contribution in [-0.2, 0) is 6.54 Å². The molecule has 32 heavy (non-hydrogen) atoms. The lowest BCUT2D eigenvalue weighted by molar-refractivity contribution is 0.102. The molecular formula is C24H19N7O. The second-order valence-electron chi connectivity index (χ2n) is 7.24. The number of nitrogens with one attached hydrogen (secondary N) is 1. The molecule has 3 N–H and O–H groups in total. The average Bonchev–Trinajstić information content (AvgIpc) is 3.23. The van der Waals surface area contributed by atoms with E-state index in [9.17, 15) is 4.79 Å². The molecule has 0 radical (unpaired) electrons. The fourth-order valence-electron chi connectivity index (χ4n) is 3.34. The molecule has 0 aliphatic heterocycles. The summed E-state index contributed by atoms with van der Waals surface area (Å²) in [5.74, 6) is 0.457. The Labute approximate surface area is 183 Å². The molecular weight excluding hydrogens is 402 g/mol. The van der Waals surface area contributed by atoms with Crippen LogP contribution in [0.15, 0.2) is 84.9 Å². The van der Waals surface area contributed by atoms with Gasteiger partial charge >= 0.3 is 0 Å². The van der Waals surface area contributed by atoms with Crippen molar-refractivity contribution in [1.29, 1.82) is 0 Å². The number of anilines is 2. The maximum atomic E-state index is 12.8. The molecule has 3 aromatic carbocycles. The van der Waals surface area contributed by atoms with Crippen molar-refractivity contribution in [2.45, 2.75) is 6.54 Å². The van der Waals surface area contributed by atoms with Crippen LogP contribution in [0.5, 0.6) is 0 Å². The van der Waals surface area contributed by atoms with E-state index >= 15 is 0 Å². The van der Waals surface area contributed by atoms with Gasteiger partial charge in [-0.25, -0.2) is 14.6 Å². The third-order valence-electron chi connectivity index (χ3n) is 4.97. The highest BCUT2D eigenvalue weighted by Crippen LogP contribution is 2.24. The Hall–Kier alpha value is -4.59. The number of amides is 1. The normalized spacial score (nSPS) is 10.9. The molecule has 0 spiro atoms. The van der Waals surface area contributed by atoms with Crippen LogP contribution in [0.25, 0.3) is 22.6 Å². The molecule has 8 nitrogen and oxygen atoms in total. The first-order valence-corrected chi connectivity index (χ1v) is 10.0. The van der Waals surface area contributed by atoms with Crippen molar-refractivity contribution in [1.82, 2.24) is 25.0 Å². The van der Waals surface area contributed by atoms with E-state index in [0.717, 1.165) is 11.1 Å². The molecule has 1 amide bonds. The zero-order chi connectivity index (χ0) is 21.9. The maximum Gasteiger partial charge on any atom is 0.256 e. The van der Waals surface area contributed by atoms with Gasteiger partial charge < -0.3 is 11.1 Å². The zero-order valence-electron chi connectivity index (χ0n) is 17.0. The van der Waals surface area contributed by atoms with Gasteiger partial charge in [-0.3, -0.25) is 4.79 Å². The predicted molar refractivity (Wildman–Crippen MR) is 123 cm³/mol. The number of rotatable bonds is 5. The van der Waals surface area contributed by atoms with Crippen molar-refractivity contribution in [3.8, 4) is 11.4 Å². The summed E-state index contributed by atoms with van der Waals surface area (Å²) in [7, 11) is 0. The van der Waals surface area contributed by atoms with Gasteiger partial charge in [0.15, 0.2) is 22.8 Å². The largest absolute Gasteiger partial charge is 0.399 e. The van der Waals surface area contributed by atoms with Crippen molar-refractivity contribution in [2.75, 3.05) is 11.1 Å². The molecule has 0 unspecified atom stereocenters. The van der Waals surface area contributed by atoms with Crippen molar-refractivity contribution < 1.29 is 4.79 Å². The van der Waals surface area contributed by atoms with Gasteiger partial charge in [0.05, 0.1) is 6.54 Å². The Morgan fingerprint density at radius 2 is 1.56 bits per heavy atom. The number of carbonyl (C=O) groups is 1. The summed E-state index contributed by atoms with van der Waals surface area (Å²) in [6, 6.07) is 26.2. The lowest BCUT2D eigenvalue weighted by Gasteiger charge is -2.09. The smallest absolute Gasteiger partial charge is 0.256 e. The number of aromatic nitrogens is 5. The van der Waals surface area contributed by atoms with Crippen molar-refractivity contribution >= 4 is 28.6 Å². The van der Waals surface area contributed by atoms with Gasteiger partial charge in [-0.15, -0.1) is 5.10 Å². The highest BCUT2D eigenvalue weighted by atomic mass is 16.1. The zero-order valence-corrected chi connectivity index (χ0v) is 17.0. The van der Waals surface area contributed by atoms with E-state index < -0.39 is 0 Å². The van der Waals surface area contributed by atoms with E-state index in [-0.39, 0.29) is 5.91 Å². The van der Waals surface area contributed by atoms with Crippen LogP contribution in [-0.4, -0.2) is 30.9 Å². The molecule has 0 fully saturated rings. The van der Waals surface area contributed by atoms with Gasteiger partial charge in [0.2, 0.25) is 0 Å². The van der Waals surface area contributed by atoms with Crippen molar-refractivity contribution in [3.05, 3.63) is 96.1 Å². The van der Waals surface area contributed by atoms with Crippen LogP contribution < -0.4 is 11.1 Å². The summed E-state index contributed by atoms with van der Waals surface area (Å²) >= 11 is 0. The third-order valence-corrected chi connectivity index (χ3v) is 4.97. The third kappa shape index (κ3) is 3.89. The van der Waals surface area contributed by atoms with Gasteiger partial charge in [-0.2, -0.15) is 0 Å². The quantitative estimate of drug-likeness (QED) is 0.418. The summed E-state index contributed by atoms with van der Waals surface area (Å²) in [6.45, 7) is 0.494. The Balaban J connectivity index is 1.59. The summed E-state index contributed by atoms with van der Waals surface area (Å²) in [6.07, 6.45) is 0. The molecule has 0 atom stereocenters. The Bertz CT molecular complexity index is 1380. The fraction of sp³-hybridized carbons (Fsp3) is 0.0417. The van der Waals surface area contributed by atoms with Crippen LogP contribution in [0, 0.1) is 0 Å². The number of carbonyl (C=O) groups excluding carboxylic acids is 1. The topological polar surface area (TPSA) is 112 Å². The molecule has 2 heterocycles. The van der Waals surface area contributed by atoms with E-state index in [1.54, 1.807) is 28.9 Å². The van der Waals surface area contributed by atoms with Crippen LogP contribution in [0.3, 0.4) is 0 Å². The molecule has 0 saturated heterocycles. The molecule has 2 aromatic heterocycles. The van der Waals surface area contributed by atoms with Gasteiger partial charge in [0, 0.05) is 16.8 Å². The highest BCUT2D eigenvalue weighted by Gasteiger charge is 2.18. The van der Waals surface area contributed by atoms with E-state index in [1.807, 2.05) is 60.7 Å². The Morgan fingerprint density at radius 1 is 0.875 bits per heavy atom. The second kappa shape index (κ2) is 8.27. The summed E-state index contributed by atoms with van der Waals surface area (Å²) < 4.78 is 1.71. The van der Waals surface area contributed by atoms with Crippen LogP contribution in [0.4, 0.5) is 11.5 Å². The summed E-state index contributed by atoms with van der Waals surface area (Å²) in [4.78, 5) is 22.2. The predicted octanol–water partition coefficient (Wildman–Crippen LogP) is 3.77. The number of nitrogens with zero attached hydrogens (tertiary/aromatic N) is 5. The second-order valence-corrected chi connectivity index (χ2v) is 7.24. The van der Waals surface area contributed by atoms with Crippen molar-refractivity contribution in [3.63, 3.8) is 0 Å².